The average molecular weight is 358 g/mol. The fourth-order valence-corrected chi connectivity index (χ4v) is 2.17. The molecule has 0 unspecified atom stereocenters. The minimum atomic E-state index is -0.633. The molecule has 138 valence electrons. The van der Waals surface area contributed by atoms with Crippen molar-refractivity contribution in [3.05, 3.63) is 53.6 Å². The van der Waals surface area contributed by atoms with Crippen LogP contribution in [0.25, 0.3) is 0 Å². The average Bonchev–Trinajstić information content (AvgIpc) is 2.66. The van der Waals surface area contributed by atoms with Gasteiger partial charge in [0.2, 0.25) is 5.75 Å². The first-order chi connectivity index (χ1) is 12.5. The van der Waals surface area contributed by atoms with Crippen LogP contribution in [0.2, 0.25) is 0 Å². The standard InChI is InChI=1S/C20H22O6/c1-13(2)12-25-19(21)14-7-5-8-15(11-14)20(22)26-18-16(23-3)9-6-10-17(18)24-4/h5-11,13H,12H2,1-4H3. The molecule has 6 nitrogen and oxygen atoms in total. The molecule has 0 bridgehead atoms. The number of ether oxygens (including phenoxy) is 4. The molecule has 0 radical (unpaired) electrons. The van der Waals surface area contributed by atoms with Gasteiger partial charge in [-0.3, -0.25) is 0 Å². The van der Waals surface area contributed by atoms with Crippen LogP contribution in [-0.2, 0) is 4.74 Å². The van der Waals surface area contributed by atoms with Crippen molar-refractivity contribution in [3.8, 4) is 17.2 Å². The second kappa shape index (κ2) is 8.89. The zero-order valence-corrected chi connectivity index (χ0v) is 15.3. The summed E-state index contributed by atoms with van der Waals surface area (Å²) in [5.41, 5.74) is 0.504. The summed E-state index contributed by atoms with van der Waals surface area (Å²) in [5.74, 6) is 0.0188. The number of para-hydroxylation sites is 1. The third kappa shape index (κ3) is 4.75. The van der Waals surface area contributed by atoms with E-state index < -0.39 is 11.9 Å². The normalized spacial score (nSPS) is 10.3. The lowest BCUT2D eigenvalue weighted by atomic mass is 10.1. The number of rotatable bonds is 7. The minimum Gasteiger partial charge on any atom is -0.493 e. The Morgan fingerprint density at radius 2 is 1.42 bits per heavy atom. The largest absolute Gasteiger partial charge is 0.493 e. The van der Waals surface area contributed by atoms with Crippen molar-refractivity contribution in [1.82, 2.24) is 0 Å². The summed E-state index contributed by atoms with van der Waals surface area (Å²) in [6, 6.07) is 11.2. The van der Waals surface area contributed by atoms with E-state index in [1.165, 1.54) is 20.3 Å². The fourth-order valence-electron chi connectivity index (χ4n) is 2.17. The maximum atomic E-state index is 12.5. The van der Waals surface area contributed by atoms with Crippen LogP contribution in [0.4, 0.5) is 0 Å². The summed E-state index contributed by atoms with van der Waals surface area (Å²) < 4.78 is 21.0. The lowest BCUT2D eigenvalue weighted by molar-refractivity contribution is 0.0459. The maximum Gasteiger partial charge on any atom is 0.343 e. The summed E-state index contributed by atoms with van der Waals surface area (Å²) in [6.07, 6.45) is 0. The van der Waals surface area contributed by atoms with E-state index in [2.05, 4.69) is 0 Å². The van der Waals surface area contributed by atoms with Crippen molar-refractivity contribution in [1.29, 1.82) is 0 Å². The van der Waals surface area contributed by atoms with E-state index in [1.807, 2.05) is 13.8 Å². The van der Waals surface area contributed by atoms with Gasteiger partial charge in [-0.1, -0.05) is 26.0 Å². The van der Waals surface area contributed by atoms with Gasteiger partial charge in [-0.25, -0.2) is 9.59 Å². The van der Waals surface area contributed by atoms with Crippen LogP contribution in [0, 0.1) is 5.92 Å². The van der Waals surface area contributed by atoms with Crippen LogP contribution in [-0.4, -0.2) is 32.8 Å². The van der Waals surface area contributed by atoms with Gasteiger partial charge in [-0.15, -0.1) is 0 Å². The first kappa shape index (κ1) is 19.3. The molecule has 2 aromatic rings. The number of hydrogen-bond acceptors (Lipinski definition) is 6. The van der Waals surface area contributed by atoms with Gasteiger partial charge in [0.05, 0.1) is 32.0 Å². The monoisotopic (exact) mass is 358 g/mol. The van der Waals surface area contributed by atoms with E-state index in [-0.39, 0.29) is 22.8 Å². The Kier molecular flexibility index (Phi) is 6.60. The molecule has 0 aromatic heterocycles. The Labute approximate surface area is 152 Å². The third-order valence-electron chi connectivity index (χ3n) is 3.46. The molecule has 0 aliphatic carbocycles. The first-order valence-corrected chi connectivity index (χ1v) is 8.16. The molecule has 0 saturated carbocycles. The van der Waals surface area contributed by atoms with Gasteiger partial charge in [-0.05, 0) is 36.2 Å². The highest BCUT2D eigenvalue weighted by atomic mass is 16.6. The SMILES string of the molecule is COc1cccc(OC)c1OC(=O)c1cccc(C(=O)OCC(C)C)c1. The fraction of sp³-hybridized carbons (Fsp3) is 0.300. The highest BCUT2D eigenvalue weighted by molar-refractivity contribution is 5.96. The van der Waals surface area contributed by atoms with E-state index in [1.54, 1.807) is 36.4 Å². The molecule has 0 N–H and O–H groups in total. The van der Waals surface area contributed by atoms with Crippen molar-refractivity contribution >= 4 is 11.9 Å². The lowest BCUT2D eigenvalue weighted by Gasteiger charge is -2.13. The number of carbonyl (C=O) groups excluding carboxylic acids is 2. The summed E-state index contributed by atoms with van der Waals surface area (Å²) in [7, 11) is 2.94. The molecule has 0 spiro atoms. The highest BCUT2D eigenvalue weighted by Gasteiger charge is 2.18. The molecule has 2 aromatic carbocycles. The van der Waals surface area contributed by atoms with E-state index in [9.17, 15) is 9.59 Å². The van der Waals surface area contributed by atoms with Gasteiger partial charge in [0.25, 0.3) is 0 Å². The van der Waals surface area contributed by atoms with Gasteiger partial charge in [0, 0.05) is 0 Å². The molecule has 2 rings (SSSR count). The predicted octanol–water partition coefficient (Wildman–Crippen LogP) is 3.74. The first-order valence-electron chi connectivity index (χ1n) is 8.16. The second-order valence-corrected chi connectivity index (χ2v) is 5.95. The van der Waals surface area contributed by atoms with E-state index >= 15 is 0 Å². The molecule has 0 amide bonds. The van der Waals surface area contributed by atoms with Crippen LogP contribution in [0.5, 0.6) is 17.2 Å². The van der Waals surface area contributed by atoms with E-state index in [0.717, 1.165) is 0 Å². The topological polar surface area (TPSA) is 71.1 Å². The number of methoxy groups -OCH3 is 2. The second-order valence-electron chi connectivity index (χ2n) is 5.95. The van der Waals surface area contributed by atoms with Crippen LogP contribution in [0.3, 0.4) is 0 Å². The van der Waals surface area contributed by atoms with Gasteiger partial charge in [0.15, 0.2) is 11.5 Å². The number of hydrogen-bond donors (Lipinski definition) is 0. The summed E-state index contributed by atoms with van der Waals surface area (Å²) in [5, 5.41) is 0. The number of carbonyl (C=O) groups is 2. The molecular formula is C20H22O6. The highest BCUT2D eigenvalue weighted by Crippen LogP contribution is 2.37. The Bertz CT molecular complexity index is 759. The van der Waals surface area contributed by atoms with Crippen LogP contribution in [0.15, 0.2) is 42.5 Å². The van der Waals surface area contributed by atoms with Crippen molar-refractivity contribution in [3.63, 3.8) is 0 Å². The van der Waals surface area contributed by atoms with Crippen molar-refractivity contribution < 1.29 is 28.5 Å². The quantitative estimate of drug-likeness (QED) is 0.555. The Morgan fingerprint density at radius 1 is 0.885 bits per heavy atom. The zero-order chi connectivity index (χ0) is 19.1. The van der Waals surface area contributed by atoms with Gasteiger partial charge < -0.3 is 18.9 Å². The molecule has 0 atom stereocenters. The Balaban J connectivity index is 2.21. The summed E-state index contributed by atoms with van der Waals surface area (Å²) in [6.45, 7) is 4.20. The molecule has 0 aliphatic rings. The number of esters is 2. The van der Waals surface area contributed by atoms with Crippen molar-refractivity contribution in [2.75, 3.05) is 20.8 Å². The molecular weight excluding hydrogens is 336 g/mol. The smallest absolute Gasteiger partial charge is 0.343 e. The lowest BCUT2D eigenvalue weighted by Crippen LogP contribution is -2.13. The van der Waals surface area contributed by atoms with Gasteiger partial charge in [-0.2, -0.15) is 0 Å². The third-order valence-corrected chi connectivity index (χ3v) is 3.46. The molecule has 6 heteroatoms. The summed E-state index contributed by atoms with van der Waals surface area (Å²) >= 11 is 0. The molecule has 0 fully saturated rings. The number of benzene rings is 2. The van der Waals surface area contributed by atoms with E-state index in [0.29, 0.717) is 18.1 Å². The van der Waals surface area contributed by atoms with Gasteiger partial charge in [0.1, 0.15) is 0 Å². The predicted molar refractivity (Wildman–Crippen MR) is 96.1 cm³/mol. The molecule has 26 heavy (non-hydrogen) atoms. The van der Waals surface area contributed by atoms with Crippen molar-refractivity contribution in [2.45, 2.75) is 13.8 Å². The van der Waals surface area contributed by atoms with Crippen LogP contribution >= 0.6 is 0 Å². The van der Waals surface area contributed by atoms with Crippen molar-refractivity contribution in [2.24, 2.45) is 5.92 Å². The Morgan fingerprint density at radius 3 is 1.96 bits per heavy atom. The zero-order valence-electron chi connectivity index (χ0n) is 15.3. The van der Waals surface area contributed by atoms with Gasteiger partial charge >= 0.3 is 11.9 Å². The molecule has 0 heterocycles. The minimum absolute atomic E-state index is 0.176. The van der Waals surface area contributed by atoms with Crippen LogP contribution < -0.4 is 14.2 Å². The molecule has 0 saturated heterocycles. The summed E-state index contributed by atoms with van der Waals surface area (Å²) in [4.78, 5) is 24.6. The molecule has 0 aliphatic heterocycles. The maximum absolute atomic E-state index is 12.5. The Hall–Kier alpha value is -3.02. The van der Waals surface area contributed by atoms with Crippen LogP contribution in [0.1, 0.15) is 34.6 Å². The van der Waals surface area contributed by atoms with E-state index in [4.69, 9.17) is 18.9 Å².